The standard InChI is InChI=1S/C16H21BrN3O.BF4/c1-3-9-20(16(21)4-2)11-5-6-12-13(10-11)14(17)7-8-15(12)19-18;2-1(3,4)5/h7-8,11H,3-6,9-10H2,1-2H3;/q+1;-1. The van der Waals surface area contributed by atoms with E-state index in [0.717, 1.165) is 42.3 Å². The molecule has 26 heavy (non-hydrogen) atoms. The third kappa shape index (κ3) is 6.59. The minimum Gasteiger partial charge on any atom is -0.418 e. The van der Waals surface area contributed by atoms with Crippen molar-refractivity contribution in [3.63, 3.8) is 0 Å². The number of halogens is 5. The Hall–Kier alpha value is -1.63. The lowest BCUT2D eigenvalue weighted by Crippen LogP contribution is -2.43. The van der Waals surface area contributed by atoms with Gasteiger partial charge in [-0.25, -0.2) is 0 Å². The summed E-state index contributed by atoms with van der Waals surface area (Å²) in [6.45, 7) is 4.83. The van der Waals surface area contributed by atoms with E-state index in [1.54, 1.807) is 0 Å². The van der Waals surface area contributed by atoms with Crippen LogP contribution >= 0.6 is 15.9 Å². The molecule has 0 N–H and O–H groups in total. The summed E-state index contributed by atoms with van der Waals surface area (Å²) in [6.07, 6.45) is 4.12. The molecule has 1 aromatic rings. The van der Waals surface area contributed by atoms with Gasteiger partial charge in [-0.05, 0) is 37.3 Å². The van der Waals surface area contributed by atoms with Gasteiger partial charge in [-0.3, -0.25) is 4.79 Å². The summed E-state index contributed by atoms with van der Waals surface area (Å²) in [4.78, 5) is 17.6. The fourth-order valence-electron chi connectivity index (χ4n) is 3.11. The van der Waals surface area contributed by atoms with Gasteiger partial charge in [0.25, 0.3) is 0 Å². The van der Waals surface area contributed by atoms with Crippen LogP contribution in [0.5, 0.6) is 0 Å². The van der Waals surface area contributed by atoms with Gasteiger partial charge in [-0.1, -0.05) is 29.8 Å². The van der Waals surface area contributed by atoms with E-state index < -0.39 is 7.25 Å². The van der Waals surface area contributed by atoms with Gasteiger partial charge in [0, 0.05) is 29.5 Å². The minimum atomic E-state index is -6.00. The van der Waals surface area contributed by atoms with Crippen LogP contribution in [0.3, 0.4) is 0 Å². The number of diazo groups is 1. The maximum Gasteiger partial charge on any atom is 0.673 e. The Morgan fingerprint density at radius 2 is 1.92 bits per heavy atom. The van der Waals surface area contributed by atoms with Crippen molar-refractivity contribution in [2.45, 2.75) is 52.0 Å². The average molecular weight is 438 g/mol. The minimum absolute atomic E-state index is 0.226. The fourth-order valence-corrected chi connectivity index (χ4v) is 3.65. The molecule has 0 spiro atoms. The molecule has 1 atom stereocenters. The van der Waals surface area contributed by atoms with E-state index >= 15 is 0 Å². The Labute approximate surface area is 158 Å². The van der Waals surface area contributed by atoms with E-state index in [4.69, 9.17) is 5.39 Å². The molecule has 1 aromatic carbocycles. The zero-order valence-corrected chi connectivity index (χ0v) is 16.3. The van der Waals surface area contributed by atoms with E-state index in [0.29, 0.717) is 12.1 Å². The van der Waals surface area contributed by atoms with Crippen molar-refractivity contribution >= 4 is 34.8 Å². The van der Waals surface area contributed by atoms with Crippen LogP contribution in [0, 0.1) is 5.39 Å². The summed E-state index contributed by atoms with van der Waals surface area (Å²) in [5.74, 6) is 0.226. The number of rotatable bonds is 4. The number of hydrogen-bond acceptors (Lipinski definition) is 2. The average Bonchev–Trinajstić information content (AvgIpc) is 2.58. The molecule has 0 radical (unpaired) electrons. The lowest BCUT2D eigenvalue weighted by molar-refractivity contribution is -0.133. The number of carbonyl (C=O) groups excluding carboxylic acids is 1. The Balaban J connectivity index is 0.000000597. The van der Waals surface area contributed by atoms with Gasteiger partial charge in [0.2, 0.25) is 11.3 Å². The van der Waals surface area contributed by atoms with Crippen molar-refractivity contribution in [3.05, 3.63) is 32.7 Å². The van der Waals surface area contributed by atoms with E-state index in [1.165, 1.54) is 5.56 Å². The van der Waals surface area contributed by atoms with E-state index in [1.807, 2.05) is 24.0 Å². The molecule has 10 heteroatoms. The molecule has 2 rings (SSSR count). The highest BCUT2D eigenvalue weighted by Crippen LogP contribution is 2.36. The highest BCUT2D eigenvalue weighted by Gasteiger charge is 2.31. The number of benzene rings is 1. The van der Waals surface area contributed by atoms with E-state index in [-0.39, 0.29) is 11.9 Å². The quantitative estimate of drug-likeness (QED) is 0.342. The molecule has 1 aliphatic rings. The highest BCUT2D eigenvalue weighted by atomic mass is 79.9. The molecule has 0 heterocycles. The number of hydrogen-bond donors (Lipinski definition) is 0. The van der Waals surface area contributed by atoms with Crippen molar-refractivity contribution in [1.82, 2.24) is 4.90 Å². The van der Waals surface area contributed by atoms with Crippen molar-refractivity contribution in [2.75, 3.05) is 6.54 Å². The lowest BCUT2D eigenvalue weighted by Gasteiger charge is -2.35. The summed E-state index contributed by atoms with van der Waals surface area (Å²) in [6, 6.07) is 3.99. The van der Waals surface area contributed by atoms with Crippen LogP contribution in [0.1, 0.15) is 44.2 Å². The Morgan fingerprint density at radius 3 is 2.42 bits per heavy atom. The molecular formula is C16H21BBrF4N3O. The second-order valence-corrected chi connectivity index (χ2v) is 6.81. The van der Waals surface area contributed by atoms with Crippen LogP contribution in [0.15, 0.2) is 16.6 Å². The predicted octanol–water partition coefficient (Wildman–Crippen LogP) is 5.74. The van der Waals surface area contributed by atoms with Gasteiger partial charge in [0.1, 0.15) is 0 Å². The Kier molecular flexibility index (Phi) is 8.54. The smallest absolute Gasteiger partial charge is 0.418 e. The first-order valence-corrected chi connectivity index (χ1v) is 9.23. The molecule has 0 fully saturated rings. The monoisotopic (exact) mass is 437 g/mol. The maximum absolute atomic E-state index is 12.2. The van der Waals surface area contributed by atoms with Crippen molar-refractivity contribution in [1.29, 1.82) is 5.39 Å². The number of amides is 1. The van der Waals surface area contributed by atoms with Gasteiger partial charge in [0.05, 0.1) is 5.56 Å². The third-order valence-corrected chi connectivity index (χ3v) is 4.90. The van der Waals surface area contributed by atoms with Gasteiger partial charge in [0.15, 0.2) is 4.98 Å². The molecule has 4 nitrogen and oxygen atoms in total. The van der Waals surface area contributed by atoms with Gasteiger partial charge < -0.3 is 22.2 Å². The first-order chi connectivity index (χ1) is 12.1. The van der Waals surface area contributed by atoms with Crippen LogP contribution in [-0.2, 0) is 17.6 Å². The largest absolute Gasteiger partial charge is 0.673 e. The molecule has 0 aliphatic heterocycles. The molecule has 144 valence electrons. The van der Waals surface area contributed by atoms with Crippen LogP contribution in [-0.4, -0.2) is 30.6 Å². The van der Waals surface area contributed by atoms with Crippen molar-refractivity contribution < 1.29 is 22.1 Å². The van der Waals surface area contributed by atoms with Gasteiger partial charge in [-0.15, -0.1) is 0 Å². The second kappa shape index (κ2) is 9.90. The maximum atomic E-state index is 12.2. The predicted molar refractivity (Wildman–Crippen MR) is 97.2 cm³/mol. The van der Waals surface area contributed by atoms with Crippen LogP contribution in [0.2, 0.25) is 0 Å². The van der Waals surface area contributed by atoms with Gasteiger partial charge in [-0.2, -0.15) is 0 Å². The number of fused-ring (bicyclic) bond motifs is 1. The SMILES string of the molecule is CCCN(C(=O)CC)C1CCc2c([N+]#N)ccc(Br)c2C1.F[B-](F)(F)F. The fraction of sp³-hybridized carbons (Fsp3) is 0.562. The topological polar surface area (TPSA) is 48.5 Å². The van der Waals surface area contributed by atoms with Crippen LogP contribution in [0.4, 0.5) is 23.0 Å². The lowest BCUT2D eigenvalue weighted by atomic mass is 9.86. The molecule has 1 aliphatic carbocycles. The molecule has 0 aromatic heterocycles. The van der Waals surface area contributed by atoms with E-state index in [9.17, 15) is 22.1 Å². The first-order valence-electron chi connectivity index (χ1n) is 8.44. The molecule has 0 saturated carbocycles. The van der Waals surface area contributed by atoms with E-state index in [2.05, 4.69) is 27.8 Å². The van der Waals surface area contributed by atoms with Crippen molar-refractivity contribution in [2.24, 2.45) is 0 Å². The summed E-state index contributed by atoms with van der Waals surface area (Å²) in [5.41, 5.74) is 2.92. The molecular weight excluding hydrogens is 417 g/mol. The first kappa shape index (κ1) is 22.4. The second-order valence-electron chi connectivity index (χ2n) is 5.96. The Bertz CT molecular complexity index is 673. The highest BCUT2D eigenvalue weighted by molar-refractivity contribution is 9.10. The molecule has 1 unspecified atom stereocenters. The third-order valence-electron chi connectivity index (χ3n) is 4.15. The zero-order valence-electron chi connectivity index (χ0n) is 14.7. The number of nitrogens with zero attached hydrogens (tertiary/aromatic N) is 3. The summed E-state index contributed by atoms with van der Waals surface area (Å²) >= 11 is 3.59. The van der Waals surface area contributed by atoms with Crippen LogP contribution in [0.25, 0.3) is 4.98 Å². The zero-order chi connectivity index (χ0) is 19.9. The van der Waals surface area contributed by atoms with Crippen LogP contribution < -0.4 is 0 Å². The normalized spacial score (nSPS) is 16.0. The summed E-state index contributed by atoms with van der Waals surface area (Å²) < 4.78 is 40.0. The molecule has 0 bridgehead atoms. The summed E-state index contributed by atoms with van der Waals surface area (Å²) in [5, 5.41) is 9.12. The number of carbonyl (C=O) groups is 1. The van der Waals surface area contributed by atoms with Crippen molar-refractivity contribution in [3.8, 4) is 0 Å². The summed E-state index contributed by atoms with van der Waals surface area (Å²) in [7, 11) is -6.00. The van der Waals surface area contributed by atoms with Gasteiger partial charge >= 0.3 is 12.9 Å². The molecule has 0 saturated heterocycles. The Morgan fingerprint density at radius 1 is 1.31 bits per heavy atom. The molecule has 1 amide bonds.